The first-order valence-electron chi connectivity index (χ1n) is 7.57. The number of benzene rings is 1. The average molecular weight is 293 g/mol. The number of nitrogens with one attached hydrogen (secondary N) is 1. The predicted molar refractivity (Wildman–Crippen MR) is 83.0 cm³/mol. The fourth-order valence-electron chi connectivity index (χ4n) is 2.19. The van der Waals surface area contributed by atoms with Gasteiger partial charge in [-0.2, -0.15) is 0 Å². The minimum atomic E-state index is 0.691. The molecule has 0 spiro atoms. The molecule has 1 heterocycles. The quantitative estimate of drug-likeness (QED) is 0.815. The van der Waals surface area contributed by atoms with E-state index in [1.807, 2.05) is 17.8 Å². The third-order valence-electron chi connectivity index (χ3n) is 3.59. The molecule has 2 aliphatic rings. The topological polar surface area (TPSA) is 30.5 Å². The van der Waals surface area contributed by atoms with E-state index in [4.69, 9.17) is 9.47 Å². The van der Waals surface area contributed by atoms with Crippen LogP contribution in [0, 0.1) is 5.92 Å². The second kappa shape index (κ2) is 6.72. The number of rotatable bonds is 6. The summed E-state index contributed by atoms with van der Waals surface area (Å²) in [6.07, 6.45) is 3.69. The first-order valence-corrected chi connectivity index (χ1v) is 8.55. The molecule has 20 heavy (non-hydrogen) atoms. The summed E-state index contributed by atoms with van der Waals surface area (Å²) in [6.45, 7) is 4.94. The van der Waals surface area contributed by atoms with Gasteiger partial charge >= 0.3 is 0 Å². The number of hydrogen-bond acceptors (Lipinski definition) is 4. The van der Waals surface area contributed by atoms with Crippen LogP contribution >= 0.6 is 11.8 Å². The van der Waals surface area contributed by atoms with E-state index in [2.05, 4.69) is 24.4 Å². The molecule has 0 bridgehead atoms. The molecule has 1 N–H and O–H groups in total. The molecule has 0 amide bonds. The van der Waals surface area contributed by atoms with E-state index in [0.717, 1.165) is 49.5 Å². The maximum atomic E-state index is 5.73. The molecule has 1 aliphatic heterocycles. The lowest BCUT2D eigenvalue weighted by molar-refractivity contribution is 0.297. The van der Waals surface area contributed by atoms with Gasteiger partial charge in [-0.25, -0.2) is 0 Å². The van der Waals surface area contributed by atoms with Gasteiger partial charge in [0.25, 0.3) is 0 Å². The summed E-state index contributed by atoms with van der Waals surface area (Å²) in [5, 5.41) is 3.59. The standard InChI is InChI=1S/C16H23NO2S/c1-12(10-17-13-3-4-13)11-20-14-5-6-15-16(9-14)19-8-2-7-18-15/h5-6,9,12-13,17H,2-4,7-8,10-11H2,1H3. The highest BCUT2D eigenvalue weighted by Crippen LogP contribution is 2.34. The normalized spacial score (nSPS) is 19.4. The van der Waals surface area contributed by atoms with Crippen LogP contribution < -0.4 is 14.8 Å². The van der Waals surface area contributed by atoms with Crippen molar-refractivity contribution in [2.24, 2.45) is 5.92 Å². The van der Waals surface area contributed by atoms with Gasteiger partial charge in [0.15, 0.2) is 11.5 Å². The lowest BCUT2D eigenvalue weighted by Gasteiger charge is -2.13. The molecular weight excluding hydrogens is 270 g/mol. The third kappa shape index (κ3) is 4.06. The maximum absolute atomic E-state index is 5.73. The Labute approximate surface area is 125 Å². The summed E-state index contributed by atoms with van der Waals surface area (Å²) in [5.74, 6) is 3.61. The SMILES string of the molecule is CC(CNC1CC1)CSc1ccc2c(c1)OCCCO2. The number of ether oxygens (including phenoxy) is 2. The van der Waals surface area contributed by atoms with Gasteiger partial charge in [0.2, 0.25) is 0 Å². The molecule has 0 radical (unpaired) electrons. The summed E-state index contributed by atoms with van der Waals surface area (Å²) >= 11 is 1.90. The Morgan fingerprint density at radius 3 is 2.85 bits per heavy atom. The Kier molecular flexibility index (Phi) is 4.73. The van der Waals surface area contributed by atoms with Crippen molar-refractivity contribution in [2.75, 3.05) is 25.5 Å². The highest BCUT2D eigenvalue weighted by molar-refractivity contribution is 7.99. The van der Waals surface area contributed by atoms with E-state index < -0.39 is 0 Å². The lowest BCUT2D eigenvalue weighted by Crippen LogP contribution is -2.24. The molecule has 0 saturated heterocycles. The van der Waals surface area contributed by atoms with Crippen LogP contribution in [0.3, 0.4) is 0 Å². The van der Waals surface area contributed by atoms with Gasteiger partial charge in [0.1, 0.15) is 0 Å². The molecule has 1 saturated carbocycles. The van der Waals surface area contributed by atoms with Crippen molar-refractivity contribution in [3.8, 4) is 11.5 Å². The largest absolute Gasteiger partial charge is 0.490 e. The first kappa shape index (κ1) is 14.1. The van der Waals surface area contributed by atoms with Crippen LogP contribution in [-0.2, 0) is 0 Å². The number of thioether (sulfide) groups is 1. The van der Waals surface area contributed by atoms with Crippen LogP contribution in [0.4, 0.5) is 0 Å². The van der Waals surface area contributed by atoms with Crippen LogP contribution in [-0.4, -0.2) is 31.6 Å². The molecule has 1 fully saturated rings. The van der Waals surface area contributed by atoms with Gasteiger partial charge in [-0.1, -0.05) is 6.92 Å². The zero-order valence-corrected chi connectivity index (χ0v) is 12.9. The van der Waals surface area contributed by atoms with Crippen LogP contribution in [0.5, 0.6) is 11.5 Å². The van der Waals surface area contributed by atoms with Crippen molar-refractivity contribution >= 4 is 11.8 Å². The lowest BCUT2D eigenvalue weighted by atomic mass is 10.2. The van der Waals surface area contributed by atoms with Gasteiger partial charge < -0.3 is 14.8 Å². The molecule has 1 aromatic carbocycles. The highest BCUT2D eigenvalue weighted by Gasteiger charge is 2.20. The molecule has 3 rings (SSSR count). The van der Waals surface area contributed by atoms with Gasteiger partial charge in [0, 0.05) is 23.1 Å². The second-order valence-electron chi connectivity index (χ2n) is 5.76. The summed E-state index contributed by atoms with van der Waals surface area (Å²) in [5.41, 5.74) is 0. The molecule has 1 atom stereocenters. The zero-order chi connectivity index (χ0) is 13.8. The molecule has 1 aliphatic carbocycles. The van der Waals surface area contributed by atoms with Gasteiger partial charge in [-0.3, -0.25) is 0 Å². The maximum Gasteiger partial charge on any atom is 0.162 e. The van der Waals surface area contributed by atoms with Gasteiger partial charge in [-0.15, -0.1) is 11.8 Å². The Morgan fingerprint density at radius 1 is 1.25 bits per heavy atom. The number of fused-ring (bicyclic) bond motifs is 1. The van der Waals surface area contributed by atoms with E-state index in [0.29, 0.717) is 5.92 Å². The molecular formula is C16H23NO2S. The minimum Gasteiger partial charge on any atom is -0.490 e. The van der Waals surface area contributed by atoms with E-state index in [9.17, 15) is 0 Å². The summed E-state index contributed by atoms with van der Waals surface area (Å²) in [6, 6.07) is 7.10. The van der Waals surface area contributed by atoms with Crippen LogP contribution in [0.1, 0.15) is 26.2 Å². The fraction of sp³-hybridized carbons (Fsp3) is 0.625. The first-order chi connectivity index (χ1) is 9.81. The molecule has 0 aromatic heterocycles. The van der Waals surface area contributed by atoms with Crippen molar-refractivity contribution in [2.45, 2.75) is 37.1 Å². The average Bonchev–Trinajstić information content (AvgIpc) is 3.29. The molecule has 110 valence electrons. The van der Waals surface area contributed by atoms with Crippen LogP contribution in [0.2, 0.25) is 0 Å². The van der Waals surface area contributed by atoms with Crippen molar-refractivity contribution in [3.05, 3.63) is 18.2 Å². The predicted octanol–water partition coefficient (Wildman–Crippen LogP) is 3.33. The Balaban J connectivity index is 1.50. The molecule has 1 aromatic rings. The van der Waals surface area contributed by atoms with Crippen molar-refractivity contribution < 1.29 is 9.47 Å². The fourth-order valence-corrected chi connectivity index (χ4v) is 3.14. The van der Waals surface area contributed by atoms with Crippen molar-refractivity contribution in [1.29, 1.82) is 0 Å². The summed E-state index contributed by atoms with van der Waals surface area (Å²) in [4.78, 5) is 1.27. The van der Waals surface area contributed by atoms with Gasteiger partial charge in [-0.05, 0) is 43.5 Å². The molecule has 4 heteroatoms. The summed E-state index contributed by atoms with van der Waals surface area (Å²) < 4.78 is 11.4. The molecule has 3 nitrogen and oxygen atoms in total. The van der Waals surface area contributed by atoms with Gasteiger partial charge in [0.05, 0.1) is 13.2 Å². The molecule has 1 unspecified atom stereocenters. The highest BCUT2D eigenvalue weighted by atomic mass is 32.2. The van der Waals surface area contributed by atoms with Crippen molar-refractivity contribution in [1.82, 2.24) is 5.32 Å². The smallest absolute Gasteiger partial charge is 0.162 e. The Hall–Kier alpha value is -0.870. The number of hydrogen-bond donors (Lipinski definition) is 1. The van der Waals surface area contributed by atoms with E-state index >= 15 is 0 Å². The van der Waals surface area contributed by atoms with Crippen LogP contribution in [0.25, 0.3) is 0 Å². The Bertz CT molecular complexity index is 448. The van der Waals surface area contributed by atoms with Crippen molar-refractivity contribution in [3.63, 3.8) is 0 Å². The van der Waals surface area contributed by atoms with E-state index in [1.165, 1.54) is 17.7 Å². The second-order valence-corrected chi connectivity index (χ2v) is 6.85. The summed E-state index contributed by atoms with van der Waals surface area (Å²) in [7, 11) is 0. The van der Waals surface area contributed by atoms with Crippen LogP contribution in [0.15, 0.2) is 23.1 Å². The van der Waals surface area contributed by atoms with E-state index in [-0.39, 0.29) is 0 Å². The third-order valence-corrected chi connectivity index (χ3v) is 4.91. The van der Waals surface area contributed by atoms with E-state index in [1.54, 1.807) is 0 Å². The zero-order valence-electron chi connectivity index (χ0n) is 12.1. The minimum absolute atomic E-state index is 0.691. The Morgan fingerprint density at radius 2 is 2.05 bits per heavy atom. The monoisotopic (exact) mass is 293 g/mol.